The van der Waals surface area contributed by atoms with E-state index in [-0.39, 0.29) is 17.3 Å². The van der Waals surface area contributed by atoms with Crippen molar-refractivity contribution in [3.05, 3.63) is 57.9 Å². The molecule has 0 radical (unpaired) electrons. The molecule has 146 valence electrons. The molecule has 29 heavy (non-hydrogen) atoms. The van der Waals surface area contributed by atoms with Crippen molar-refractivity contribution in [2.24, 2.45) is 10.2 Å². The fourth-order valence-electron chi connectivity index (χ4n) is 3.30. The number of aromatic hydroxyl groups is 1. The number of hydrogen-bond acceptors (Lipinski definition) is 6. The quantitative estimate of drug-likeness (QED) is 0.301. The molecule has 0 bridgehead atoms. The second kappa shape index (κ2) is 6.82. The van der Waals surface area contributed by atoms with Gasteiger partial charge in [-0.25, -0.2) is 4.98 Å². The summed E-state index contributed by atoms with van der Waals surface area (Å²) < 4.78 is 2.03. The predicted octanol–water partition coefficient (Wildman–Crippen LogP) is 4.38. The molecule has 10 heteroatoms. The van der Waals surface area contributed by atoms with Gasteiger partial charge in [-0.15, -0.1) is 10.2 Å². The van der Waals surface area contributed by atoms with Crippen molar-refractivity contribution in [1.82, 2.24) is 14.5 Å². The number of azo groups is 1. The van der Waals surface area contributed by atoms with E-state index in [9.17, 15) is 20.0 Å². The lowest BCUT2D eigenvalue weighted by atomic mass is 10.2. The fraction of sp³-hybridized carbons (Fsp3) is 0.158. The Morgan fingerprint density at radius 2 is 2.10 bits per heavy atom. The van der Waals surface area contributed by atoms with E-state index < -0.39 is 10.8 Å². The highest BCUT2D eigenvalue weighted by atomic mass is 16.6. The van der Waals surface area contributed by atoms with Gasteiger partial charge in [0.15, 0.2) is 5.69 Å². The van der Waals surface area contributed by atoms with Crippen molar-refractivity contribution >= 4 is 39.2 Å². The van der Waals surface area contributed by atoms with Gasteiger partial charge in [-0.3, -0.25) is 14.9 Å². The first kappa shape index (κ1) is 18.3. The molecule has 2 aromatic heterocycles. The molecule has 0 spiro atoms. The van der Waals surface area contributed by atoms with E-state index in [0.717, 1.165) is 17.9 Å². The second-order valence-corrected chi connectivity index (χ2v) is 6.42. The van der Waals surface area contributed by atoms with Crippen LogP contribution >= 0.6 is 0 Å². The predicted molar refractivity (Wildman–Crippen MR) is 106 cm³/mol. The molecular weight excluding hydrogens is 376 g/mol. The van der Waals surface area contributed by atoms with Crippen LogP contribution in [0.4, 0.5) is 11.4 Å². The van der Waals surface area contributed by atoms with Gasteiger partial charge >= 0.3 is 0 Å². The van der Waals surface area contributed by atoms with Gasteiger partial charge in [0, 0.05) is 29.6 Å². The number of non-ortho nitro benzene ring substituents is 1. The lowest BCUT2D eigenvalue weighted by molar-refractivity contribution is -0.384. The molecule has 2 aromatic carbocycles. The van der Waals surface area contributed by atoms with Gasteiger partial charge in [0.25, 0.3) is 11.6 Å². The largest absolute Gasteiger partial charge is 0.493 e. The normalized spacial score (nSPS) is 11.7. The van der Waals surface area contributed by atoms with E-state index in [1.54, 1.807) is 18.2 Å². The fourth-order valence-corrected chi connectivity index (χ4v) is 3.30. The summed E-state index contributed by atoms with van der Waals surface area (Å²) in [6.07, 6.45) is 0. The van der Waals surface area contributed by atoms with E-state index in [1.807, 2.05) is 18.4 Å². The third-order valence-corrected chi connectivity index (χ3v) is 4.69. The van der Waals surface area contributed by atoms with Crippen LogP contribution in [0.1, 0.15) is 23.1 Å². The Labute approximate surface area is 163 Å². The number of fused-ring (bicyclic) bond motifs is 2. The summed E-state index contributed by atoms with van der Waals surface area (Å²) in [6, 6.07) is 9.09. The Morgan fingerprint density at radius 1 is 1.31 bits per heavy atom. The number of aromatic nitrogens is 3. The molecular formula is C19H16N6O4. The Bertz CT molecular complexity index is 1320. The van der Waals surface area contributed by atoms with Crippen molar-refractivity contribution in [2.75, 3.05) is 0 Å². The number of H-pyrrole nitrogens is 1. The van der Waals surface area contributed by atoms with Gasteiger partial charge in [-0.05, 0) is 38.1 Å². The summed E-state index contributed by atoms with van der Waals surface area (Å²) in [6.45, 7) is 4.67. The number of nitrogens with zero attached hydrogens (tertiary/aromatic N) is 5. The highest BCUT2D eigenvalue weighted by molar-refractivity contribution is 5.99. The maximum atomic E-state index is 12.5. The van der Waals surface area contributed by atoms with Crippen molar-refractivity contribution in [3.8, 4) is 5.88 Å². The van der Waals surface area contributed by atoms with E-state index in [2.05, 4.69) is 20.2 Å². The lowest BCUT2D eigenvalue weighted by Crippen LogP contribution is -1.97. The van der Waals surface area contributed by atoms with Gasteiger partial charge in [0.2, 0.25) is 5.88 Å². The minimum Gasteiger partial charge on any atom is -0.493 e. The Balaban J connectivity index is 1.69. The van der Waals surface area contributed by atoms with Gasteiger partial charge in [0.1, 0.15) is 5.82 Å². The van der Waals surface area contributed by atoms with E-state index in [1.165, 1.54) is 18.2 Å². The monoisotopic (exact) mass is 392 g/mol. The molecule has 10 nitrogen and oxygen atoms in total. The molecule has 0 aliphatic heterocycles. The van der Waals surface area contributed by atoms with Crippen molar-refractivity contribution in [1.29, 1.82) is 0 Å². The number of hydrogen-bond donors (Lipinski definition) is 2. The summed E-state index contributed by atoms with van der Waals surface area (Å²) >= 11 is 0. The lowest BCUT2D eigenvalue weighted by Gasteiger charge is -2.01. The van der Waals surface area contributed by atoms with E-state index in [0.29, 0.717) is 22.0 Å². The average molecular weight is 392 g/mol. The van der Waals surface area contributed by atoms with Crippen molar-refractivity contribution in [3.63, 3.8) is 0 Å². The number of aromatic amines is 1. The van der Waals surface area contributed by atoms with Crippen molar-refractivity contribution in [2.45, 2.75) is 20.4 Å². The van der Waals surface area contributed by atoms with Crippen LogP contribution in [0.25, 0.3) is 21.9 Å². The maximum Gasteiger partial charge on any atom is 0.295 e. The number of benzene rings is 2. The van der Waals surface area contributed by atoms with Gasteiger partial charge in [-0.1, -0.05) is 0 Å². The maximum absolute atomic E-state index is 12.5. The van der Waals surface area contributed by atoms with Crippen LogP contribution in [0.5, 0.6) is 5.88 Å². The second-order valence-electron chi connectivity index (χ2n) is 6.42. The highest BCUT2D eigenvalue weighted by Gasteiger charge is 2.16. The molecule has 0 aliphatic carbocycles. The summed E-state index contributed by atoms with van der Waals surface area (Å²) in [7, 11) is 0. The Morgan fingerprint density at radius 3 is 2.83 bits per heavy atom. The van der Waals surface area contributed by atoms with E-state index >= 15 is 0 Å². The molecule has 1 amide bonds. The van der Waals surface area contributed by atoms with Gasteiger partial charge < -0.3 is 14.7 Å². The third-order valence-electron chi connectivity index (χ3n) is 4.69. The minimum atomic E-state index is -0.616. The molecule has 0 atom stereocenters. The minimum absolute atomic E-state index is 0.0377. The van der Waals surface area contributed by atoms with Crippen molar-refractivity contribution < 1.29 is 14.8 Å². The number of rotatable bonds is 4. The number of aryl methyl sites for hydroxylation is 2. The molecule has 2 heterocycles. The van der Waals surface area contributed by atoms with Crippen LogP contribution in [-0.2, 0) is 6.54 Å². The van der Waals surface area contributed by atoms with Gasteiger partial charge in [0.05, 0.1) is 21.5 Å². The summed E-state index contributed by atoms with van der Waals surface area (Å²) in [5.74, 6) is -0.0985. The molecule has 0 aliphatic rings. The van der Waals surface area contributed by atoms with Crippen LogP contribution in [-0.4, -0.2) is 30.5 Å². The Hall–Kier alpha value is -4.08. The number of nitrogens with one attached hydrogen (secondary N) is 1. The van der Waals surface area contributed by atoms with E-state index in [4.69, 9.17) is 0 Å². The smallest absolute Gasteiger partial charge is 0.295 e. The summed E-state index contributed by atoms with van der Waals surface area (Å²) in [5.41, 5.74) is 2.13. The molecule has 0 fully saturated rings. The molecule has 0 saturated carbocycles. The number of imidazole rings is 1. The Kier molecular flexibility index (Phi) is 4.30. The molecule has 0 saturated heterocycles. The standard InChI is InChI=1S/C19H16N6O4/c1-3-24-10(2)20-15-8-11(4-7-16(15)24)18(26)23-22-17-13-9-12(25(28)29)5-6-14(13)21-19(17)27/h4-9,21,27H,3H2,1-2H3. The summed E-state index contributed by atoms with van der Waals surface area (Å²) in [5, 5.41) is 28.8. The number of carbonyl (C=O) groups is 1. The molecule has 2 N–H and O–H groups in total. The van der Waals surface area contributed by atoms with Crippen LogP contribution in [0.15, 0.2) is 46.6 Å². The average Bonchev–Trinajstić information content (AvgIpc) is 3.19. The summed E-state index contributed by atoms with van der Waals surface area (Å²) in [4.78, 5) is 30.0. The topological polar surface area (TPSA) is 139 Å². The zero-order valence-corrected chi connectivity index (χ0v) is 15.6. The molecule has 0 unspecified atom stereocenters. The number of carbonyl (C=O) groups excluding carboxylic acids is 1. The van der Waals surface area contributed by atoms with Gasteiger partial charge in [-0.2, -0.15) is 0 Å². The molecule has 4 rings (SSSR count). The van der Waals surface area contributed by atoms with Crippen LogP contribution in [0.2, 0.25) is 0 Å². The number of nitro benzene ring substituents is 1. The first-order valence-corrected chi connectivity index (χ1v) is 8.81. The number of amides is 1. The molecule has 4 aromatic rings. The van der Waals surface area contributed by atoms with Crippen LogP contribution in [0.3, 0.4) is 0 Å². The highest BCUT2D eigenvalue weighted by Crippen LogP contribution is 2.37. The number of nitro groups is 1. The third kappa shape index (κ3) is 3.10. The zero-order valence-electron chi connectivity index (χ0n) is 15.6. The first-order chi connectivity index (χ1) is 13.9. The first-order valence-electron chi connectivity index (χ1n) is 8.81. The zero-order chi connectivity index (χ0) is 20.7. The van der Waals surface area contributed by atoms with Crippen LogP contribution in [0, 0.1) is 17.0 Å². The van der Waals surface area contributed by atoms with Crippen LogP contribution < -0.4 is 0 Å². The SMILES string of the molecule is CCn1c(C)nc2cc(C(=O)N=Nc3c(O)[nH]c4ccc([N+](=O)[O-])cc34)ccc21.